The van der Waals surface area contributed by atoms with E-state index in [1.807, 2.05) is 61.5 Å². The number of aryl methyl sites for hydroxylation is 1. The SMILES string of the molecule is Cc1ccc(NC(SCC(=O)O)c2ccccc2)cc1. The molecule has 0 radical (unpaired) electrons. The minimum absolute atomic E-state index is 0.0679. The van der Waals surface area contributed by atoms with Crippen molar-refractivity contribution in [1.29, 1.82) is 0 Å². The van der Waals surface area contributed by atoms with E-state index in [9.17, 15) is 4.79 Å². The van der Waals surface area contributed by atoms with Gasteiger partial charge in [0.2, 0.25) is 0 Å². The van der Waals surface area contributed by atoms with Gasteiger partial charge < -0.3 is 10.4 Å². The van der Waals surface area contributed by atoms with Crippen LogP contribution in [0.5, 0.6) is 0 Å². The summed E-state index contributed by atoms with van der Waals surface area (Å²) in [7, 11) is 0. The first-order valence-corrected chi connectivity index (χ1v) is 7.41. The molecule has 0 aliphatic heterocycles. The molecule has 2 aromatic rings. The van der Waals surface area contributed by atoms with Crippen molar-refractivity contribution in [2.75, 3.05) is 11.1 Å². The minimum Gasteiger partial charge on any atom is -0.481 e. The van der Waals surface area contributed by atoms with Gasteiger partial charge in [-0.3, -0.25) is 4.79 Å². The zero-order valence-electron chi connectivity index (χ0n) is 11.2. The van der Waals surface area contributed by atoms with Gasteiger partial charge in [0.15, 0.2) is 0 Å². The monoisotopic (exact) mass is 287 g/mol. The number of carbonyl (C=O) groups is 1. The van der Waals surface area contributed by atoms with Gasteiger partial charge in [-0.2, -0.15) is 0 Å². The van der Waals surface area contributed by atoms with Gasteiger partial charge in [0.1, 0.15) is 0 Å². The standard InChI is InChI=1S/C16H17NO2S/c1-12-7-9-14(10-8-12)17-16(20-11-15(18)19)13-5-3-2-4-6-13/h2-10,16-17H,11H2,1H3,(H,18,19). The lowest BCUT2D eigenvalue weighted by Crippen LogP contribution is -2.10. The van der Waals surface area contributed by atoms with Crippen LogP contribution in [0.4, 0.5) is 5.69 Å². The molecule has 4 heteroatoms. The number of aliphatic carboxylic acids is 1. The first-order chi connectivity index (χ1) is 9.65. The van der Waals surface area contributed by atoms with E-state index in [2.05, 4.69) is 5.32 Å². The molecular weight excluding hydrogens is 270 g/mol. The van der Waals surface area contributed by atoms with Crippen LogP contribution in [0.1, 0.15) is 16.5 Å². The second-order valence-corrected chi connectivity index (χ2v) is 5.60. The number of nitrogens with one attached hydrogen (secondary N) is 1. The molecule has 0 bridgehead atoms. The predicted molar refractivity (Wildman–Crippen MR) is 84.1 cm³/mol. The van der Waals surface area contributed by atoms with Crippen molar-refractivity contribution in [3.8, 4) is 0 Å². The van der Waals surface area contributed by atoms with Crippen LogP contribution in [-0.2, 0) is 4.79 Å². The van der Waals surface area contributed by atoms with Crippen LogP contribution in [-0.4, -0.2) is 16.8 Å². The molecular formula is C16H17NO2S. The van der Waals surface area contributed by atoms with E-state index in [0.29, 0.717) is 0 Å². The molecule has 2 rings (SSSR count). The van der Waals surface area contributed by atoms with Gasteiger partial charge >= 0.3 is 5.97 Å². The van der Waals surface area contributed by atoms with Crippen LogP contribution in [0.2, 0.25) is 0 Å². The minimum atomic E-state index is -0.804. The molecule has 0 aromatic heterocycles. The molecule has 0 heterocycles. The summed E-state index contributed by atoms with van der Waals surface area (Å²) < 4.78 is 0. The largest absolute Gasteiger partial charge is 0.481 e. The molecule has 2 aromatic carbocycles. The zero-order valence-corrected chi connectivity index (χ0v) is 12.1. The first kappa shape index (κ1) is 14.5. The molecule has 0 aliphatic rings. The first-order valence-electron chi connectivity index (χ1n) is 6.37. The molecule has 0 spiro atoms. The molecule has 0 amide bonds. The van der Waals surface area contributed by atoms with E-state index >= 15 is 0 Å². The fourth-order valence-electron chi connectivity index (χ4n) is 1.80. The fourth-order valence-corrected chi connectivity index (χ4v) is 2.68. The van der Waals surface area contributed by atoms with E-state index in [4.69, 9.17) is 5.11 Å². The zero-order chi connectivity index (χ0) is 14.4. The fraction of sp³-hybridized carbons (Fsp3) is 0.188. The van der Waals surface area contributed by atoms with Crippen molar-refractivity contribution in [1.82, 2.24) is 0 Å². The number of thioether (sulfide) groups is 1. The molecule has 104 valence electrons. The lowest BCUT2D eigenvalue weighted by molar-refractivity contribution is -0.133. The number of rotatable bonds is 6. The van der Waals surface area contributed by atoms with Gasteiger partial charge in [0.05, 0.1) is 11.1 Å². The highest BCUT2D eigenvalue weighted by atomic mass is 32.2. The highest BCUT2D eigenvalue weighted by Gasteiger charge is 2.13. The van der Waals surface area contributed by atoms with Gasteiger partial charge in [0, 0.05) is 5.69 Å². The molecule has 2 N–H and O–H groups in total. The summed E-state index contributed by atoms with van der Waals surface area (Å²) in [4.78, 5) is 10.8. The van der Waals surface area contributed by atoms with Gasteiger partial charge in [0.25, 0.3) is 0 Å². The van der Waals surface area contributed by atoms with Crippen molar-refractivity contribution < 1.29 is 9.90 Å². The molecule has 0 aliphatic carbocycles. The highest BCUT2D eigenvalue weighted by Crippen LogP contribution is 2.30. The predicted octanol–water partition coefficient (Wildman–Crippen LogP) is 3.92. The summed E-state index contributed by atoms with van der Waals surface area (Å²) in [5.41, 5.74) is 3.26. The van der Waals surface area contributed by atoms with Gasteiger partial charge in [-0.1, -0.05) is 48.0 Å². The third-order valence-corrected chi connectivity index (χ3v) is 3.96. The second kappa shape index (κ2) is 7.01. The molecule has 1 atom stereocenters. The second-order valence-electron chi connectivity index (χ2n) is 4.51. The Morgan fingerprint density at radius 1 is 1.15 bits per heavy atom. The molecule has 1 unspecified atom stereocenters. The van der Waals surface area contributed by atoms with Crippen LogP contribution in [0, 0.1) is 6.92 Å². The Kier molecular flexibility index (Phi) is 5.07. The van der Waals surface area contributed by atoms with E-state index < -0.39 is 5.97 Å². The Hall–Kier alpha value is -1.94. The average molecular weight is 287 g/mol. The van der Waals surface area contributed by atoms with Crippen LogP contribution in [0.25, 0.3) is 0 Å². The highest BCUT2D eigenvalue weighted by molar-refractivity contribution is 8.00. The van der Waals surface area contributed by atoms with E-state index in [1.165, 1.54) is 17.3 Å². The molecule has 3 nitrogen and oxygen atoms in total. The Morgan fingerprint density at radius 2 is 1.80 bits per heavy atom. The summed E-state index contributed by atoms with van der Waals surface area (Å²) in [6.45, 7) is 2.04. The van der Waals surface area contributed by atoms with Crippen molar-refractivity contribution in [3.05, 3.63) is 65.7 Å². The van der Waals surface area contributed by atoms with Crippen LogP contribution >= 0.6 is 11.8 Å². The van der Waals surface area contributed by atoms with E-state index in [0.717, 1.165) is 11.3 Å². The normalized spacial score (nSPS) is 11.8. The molecule has 0 fully saturated rings. The smallest absolute Gasteiger partial charge is 0.313 e. The summed E-state index contributed by atoms with van der Waals surface area (Å²) in [5, 5.41) is 12.2. The van der Waals surface area contributed by atoms with Crippen molar-refractivity contribution in [3.63, 3.8) is 0 Å². The van der Waals surface area contributed by atoms with Gasteiger partial charge in [-0.05, 0) is 24.6 Å². The lowest BCUT2D eigenvalue weighted by atomic mass is 10.2. The lowest BCUT2D eigenvalue weighted by Gasteiger charge is -2.19. The number of benzene rings is 2. The van der Waals surface area contributed by atoms with Crippen molar-refractivity contribution in [2.45, 2.75) is 12.3 Å². The summed E-state index contributed by atoms with van der Waals surface area (Å²) in [6, 6.07) is 18.0. The maximum absolute atomic E-state index is 10.8. The summed E-state index contributed by atoms with van der Waals surface area (Å²) in [6.07, 6.45) is 0. The number of anilines is 1. The Labute approximate surface area is 123 Å². The van der Waals surface area contributed by atoms with Crippen molar-refractivity contribution in [2.24, 2.45) is 0 Å². The Morgan fingerprint density at radius 3 is 2.40 bits per heavy atom. The average Bonchev–Trinajstić information content (AvgIpc) is 2.46. The Bertz CT molecular complexity index is 554. The summed E-state index contributed by atoms with van der Waals surface area (Å²) >= 11 is 1.37. The number of carboxylic acid groups (broad SMARTS) is 1. The van der Waals surface area contributed by atoms with Crippen LogP contribution in [0.3, 0.4) is 0 Å². The van der Waals surface area contributed by atoms with Gasteiger partial charge in [-0.15, -0.1) is 11.8 Å². The summed E-state index contributed by atoms with van der Waals surface area (Å²) in [5.74, 6) is -0.736. The number of hydrogen-bond acceptors (Lipinski definition) is 3. The van der Waals surface area contributed by atoms with Crippen molar-refractivity contribution >= 4 is 23.4 Å². The number of carboxylic acids is 1. The van der Waals surface area contributed by atoms with Crippen LogP contribution in [0.15, 0.2) is 54.6 Å². The van der Waals surface area contributed by atoms with Gasteiger partial charge in [-0.25, -0.2) is 0 Å². The van der Waals surface area contributed by atoms with Crippen LogP contribution < -0.4 is 5.32 Å². The quantitative estimate of drug-likeness (QED) is 0.791. The van der Waals surface area contributed by atoms with E-state index in [1.54, 1.807) is 0 Å². The molecule has 20 heavy (non-hydrogen) atoms. The molecule has 0 saturated carbocycles. The topological polar surface area (TPSA) is 49.3 Å². The Balaban J connectivity index is 2.13. The maximum Gasteiger partial charge on any atom is 0.313 e. The third-order valence-electron chi connectivity index (χ3n) is 2.83. The third kappa shape index (κ3) is 4.31. The molecule has 0 saturated heterocycles. The van der Waals surface area contributed by atoms with E-state index in [-0.39, 0.29) is 11.1 Å². The number of hydrogen-bond donors (Lipinski definition) is 2. The maximum atomic E-state index is 10.8.